The molecular weight excluding hydrogens is 493 g/mol. The summed E-state index contributed by atoms with van der Waals surface area (Å²) in [5.41, 5.74) is -1.44. The number of carbonyl (C=O) groups is 1. The predicted molar refractivity (Wildman–Crippen MR) is 88.6 cm³/mol. The molecule has 0 aliphatic carbocycles. The van der Waals surface area contributed by atoms with Crippen LogP contribution in [-0.2, 0) is 4.79 Å². The summed E-state index contributed by atoms with van der Waals surface area (Å²) in [4.78, 5) is 12.8. The molecule has 15 heteroatoms. The van der Waals surface area contributed by atoms with Crippen molar-refractivity contribution in [3.63, 3.8) is 0 Å². The van der Waals surface area contributed by atoms with Crippen molar-refractivity contribution in [3.05, 3.63) is 0 Å². The summed E-state index contributed by atoms with van der Waals surface area (Å²) in [7, 11) is 0. The van der Waals surface area contributed by atoms with Crippen LogP contribution in [0.4, 0.5) is 57.1 Å². The van der Waals surface area contributed by atoms with Gasteiger partial charge >= 0.3 is 41.7 Å². The summed E-state index contributed by atoms with van der Waals surface area (Å²) in [6.45, 7) is 3.62. The molecule has 1 saturated heterocycles. The fourth-order valence-electron chi connectivity index (χ4n) is 3.44. The highest BCUT2D eigenvalue weighted by Gasteiger charge is 2.94. The molecule has 33 heavy (non-hydrogen) atoms. The number of amides is 1. The van der Waals surface area contributed by atoms with Gasteiger partial charge in [-0.3, -0.25) is 0 Å². The molecule has 1 heterocycles. The third kappa shape index (κ3) is 4.09. The van der Waals surface area contributed by atoms with Gasteiger partial charge in [0.1, 0.15) is 6.54 Å². The van der Waals surface area contributed by atoms with Crippen molar-refractivity contribution in [1.29, 1.82) is 0 Å². The summed E-state index contributed by atoms with van der Waals surface area (Å²) in [5.74, 6) is -38.3. The van der Waals surface area contributed by atoms with Gasteiger partial charge in [-0.15, -0.1) is 0 Å². The van der Waals surface area contributed by atoms with Gasteiger partial charge in [0.25, 0.3) is 0 Å². The zero-order chi connectivity index (χ0) is 26.7. The number of hydrogen-bond acceptors (Lipinski definition) is 1. The summed E-state index contributed by atoms with van der Waals surface area (Å²) < 4.78 is 173. The van der Waals surface area contributed by atoms with Gasteiger partial charge in [0.2, 0.25) is 6.04 Å². The molecule has 2 atom stereocenters. The van der Waals surface area contributed by atoms with Gasteiger partial charge in [0.05, 0.1) is 12.0 Å². The number of halogens is 13. The van der Waals surface area contributed by atoms with Crippen LogP contribution in [0.15, 0.2) is 0 Å². The first kappa shape index (κ1) is 29.8. The first-order valence-corrected chi connectivity index (χ1v) is 9.74. The molecule has 1 amide bonds. The van der Waals surface area contributed by atoms with E-state index in [-0.39, 0.29) is 19.3 Å². The van der Waals surface area contributed by atoms with Gasteiger partial charge < -0.3 is 0 Å². The van der Waals surface area contributed by atoms with E-state index < -0.39 is 70.7 Å². The van der Waals surface area contributed by atoms with Crippen LogP contribution < -0.4 is 0 Å². The highest BCUT2D eigenvalue weighted by Crippen LogP contribution is 2.63. The zero-order valence-electron chi connectivity index (χ0n) is 17.9. The molecule has 2 unspecified atom stereocenters. The molecule has 0 aromatic heterocycles. The van der Waals surface area contributed by atoms with Gasteiger partial charge in [-0.05, 0) is 26.7 Å². The van der Waals surface area contributed by atoms with Gasteiger partial charge in [-0.2, -0.15) is 57.1 Å². The Morgan fingerprint density at radius 1 is 0.758 bits per heavy atom. The molecule has 0 aromatic rings. The number of carbonyl (C=O) groups excluding carboxylic acids is 1. The van der Waals surface area contributed by atoms with Gasteiger partial charge in [-0.1, -0.05) is 20.3 Å². The zero-order valence-corrected chi connectivity index (χ0v) is 17.9. The van der Waals surface area contributed by atoms with Crippen LogP contribution in [-0.4, -0.2) is 65.3 Å². The Labute approximate surface area is 180 Å². The lowest BCUT2D eigenvalue weighted by atomic mass is 9.87. The van der Waals surface area contributed by atoms with Crippen LogP contribution in [0.3, 0.4) is 0 Å². The predicted octanol–water partition coefficient (Wildman–Crippen LogP) is 6.69. The van der Waals surface area contributed by atoms with E-state index in [1.807, 2.05) is 0 Å². The molecule has 0 spiro atoms. The maximum atomic E-state index is 14.6. The fraction of sp³-hybridized carbons (Fsp3) is 0.944. The minimum absolute atomic E-state index is 0.0152. The Morgan fingerprint density at radius 2 is 1.18 bits per heavy atom. The number of alkyl halides is 13. The van der Waals surface area contributed by atoms with Gasteiger partial charge in [-0.25, -0.2) is 9.28 Å². The van der Waals surface area contributed by atoms with Crippen LogP contribution in [0.2, 0.25) is 0 Å². The highest BCUT2D eigenvalue weighted by molar-refractivity contribution is 5.77. The molecule has 196 valence electrons. The molecular formula is C18H23F13NO+. The maximum absolute atomic E-state index is 14.6. The Morgan fingerprint density at radius 3 is 1.55 bits per heavy atom. The molecule has 1 rings (SSSR count). The van der Waals surface area contributed by atoms with E-state index in [2.05, 4.69) is 0 Å². The van der Waals surface area contributed by atoms with E-state index in [9.17, 15) is 61.9 Å². The van der Waals surface area contributed by atoms with Gasteiger partial charge in [0.15, 0.2) is 0 Å². The summed E-state index contributed by atoms with van der Waals surface area (Å²) >= 11 is 0. The minimum atomic E-state index is -7.94. The van der Waals surface area contributed by atoms with Crippen molar-refractivity contribution in [2.24, 2.45) is 5.41 Å². The first-order valence-electron chi connectivity index (χ1n) is 9.74. The van der Waals surface area contributed by atoms with Gasteiger partial charge in [0, 0.05) is 0 Å². The second-order valence-electron chi connectivity index (χ2n) is 8.77. The highest BCUT2D eigenvalue weighted by atomic mass is 19.4. The molecule has 1 fully saturated rings. The lowest BCUT2D eigenvalue weighted by molar-refractivity contribution is -0.748. The molecule has 0 bridgehead atoms. The van der Waals surface area contributed by atoms with Crippen LogP contribution >= 0.6 is 0 Å². The average molecular weight is 516 g/mol. The Hall–Kier alpha value is -1.28. The number of hydrogen-bond donors (Lipinski definition) is 0. The normalized spacial score (nSPS) is 23.6. The van der Waals surface area contributed by atoms with Crippen molar-refractivity contribution < 1.29 is 66.4 Å². The molecule has 1 aliphatic heterocycles. The molecule has 0 saturated carbocycles. The van der Waals surface area contributed by atoms with E-state index in [1.54, 1.807) is 0 Å². The standard InChI is InChI=1S/C18H23F13NO/c1-5-7-8-32(11(33)12(3,4)6-2)9-10(32)13(19,20)14(21,22)15(23,24)16(25,26)17(27,28)18(29,30)31/h10H,5-9H2,1-4H3/q+1. The van der Waals surface area contributed by atoms with Crippen LogP contribution in [0.1, 0.15) is 47.0 Å². The number of quaternary nitrogens is 1. The van der Waals surface area contributed by atoms with E-state index in [4.69, 9.17) is 0 Å². The monoisotopic (exact) mass is 516 g/mol. The Bertz CT molecular complexity index is 744. The average Bonchev–Trinajstić information content (AvgIpc) is 3.40. The second-order valence-corrected chi connectivity index (χ2v) is 8.77. The maximum Gasteiger partial charge on any atom is 0.460 e. The molecule has 1 aliphatic rings. The Kier molecular flexibility index (Phi) is 7.34. The van der Waals surface area contributed by atoms with E-state index in [0.29, 0.717) is 0 Å². The van der Waals surface area contributed by atoms with Crippen LogP contribution in [0, 0.1) is 5.41 Å². The quantitative estimate of drug-likeness (QED) is 0.180. The van der Waals surface area contributed by atoms with Crippen molar-refractivity contribution in [2.75, 3.05) is 13.1 Å². The molecule has 0 aromatic carbocycles. The van der Waals surface area contributed by atoms with Crippen molar-refractivity contribution in [2.45, 2.75) is 88.8 Å². The third-order valence-electron chi connectivity index (χ3n) is 6.12. The molecule has 0 N–H and O–H groups in total. The van der Waals surface area contributed by atoms with Crippen LogP contribution in [0.25, 0.3) is 0 Å². The van der Waals surface area contributed by atoms with E-state index in [1.165, 1.54) is 27.7 Å². The largest absolute Gasteiger partial charge is 0.460 e. The lowest BCUT2D eigenvalue weighted by Gasteiger charge is -2.39. The SMILES string of the molecule is CCCC[N+]1(C(=O)C(C)(C)CC)CC1C(F)(F)C(F)(F)C(F)(F)C(F)(F)C(F)(F)C(F)(F)F. The number of nitrogens with zero attached hydrogens (tertiary/aromatic N) is 1. The topological polar surface area (TPSA) is 17.1 Å². The Balaban J connectivity index is 3.55. The second kappa shape index (κ2) is 8.14. The summed E-state index contributed by atoms with van der Waals surface area (Å²) in [5, 5.41) is 0. The fourth-order valence-corrected chi connectivity index (χ4v) is 3.44. The van der Waals surface area contributed by atoms with Crippen molar-refractivity contribution >= 4 is 5.91 Å². The number of rotatable bonds is 10. The molecule has 0 radical (unpaired) electrons. The minimum Gasteiger partial charge on any atom is -0.243 e. The van der Waals surface area contributed by atoms with E-state index >= 15 is 0 Å². The summed E-state index contributed by atoms with van der Waals surface area (Å²) in [6, 6.07) is -3.03. The van der Waals surface area contributed by atoms with Crippen molar-refractivity contribution in [1.82, 2.24) is 0 Å². The van der Waals surface area contributed by atoms with Crippen molar-refractivity contribution in [3.8, 4) is 0 Å². The summed E-state index contributed by atoms with van der Waals surface area (Å²) in [6.07, 6.45) is -7.30. The number of unbranched alkanes of at least 4 members (excludes halogenated alkanes) is 1. The lowest BCUT2D eigenvalue weighted by Crippen LogP contribution is -2.71. The van der Waals surface area contributed by atoms with Crippen LogP contribution in [0.5, 0.6) is 0 Å². The van der Waals surface area contributed by atoms with E-state index in [0.717, 1.165) is 0 Å². The third-order valence-corrected chi connectivity index (χ3v) is 6.12. The first-order chi connectivity index (χ1) is 14.4. The smallest absolute Gasteiger partial charge is 0.243 e. The molecule has 2 nitrogen and oxygen atoms in total.